The van der Waals surface area contributed by atoms with Gasteiger partial charge in [-0.15, -0.1) is 0 Å². The van der Waals surface area contributed by atoms with Crippen LogP contribution in [0.2, 0.25) is 0 Å². The lowest BCUT2D eigenvalue weighted by Crippen LogP contribution is -1.97. The molecule has 0 aliphatic heterocycles. The molecule has 0 N–H and O–H groups in total. The number of aryl methyl sites for hydroxylation is 1. The minimum atomic E-state index is -0.223. The molecular formula is C11H9BrFN. The number of nitrogens with zero attached hydrogens (tertiary/aromatic N) is 1. The Morgan fingerprint density at radius 1 is 1.29 bits per heavy atom. The molecule has 0 spiro atoms. The molecule has 72 valence electrons. The maximum atomic E-state index is 13.5. The van der Waals surface area contributed by atoms with E-state index in [1.807, 2.05) is 35.9 Å². The van der Waals surface area contributed by atoms with Crippen molar-refractivity contribution in [1.29, 1.82) is 0 Å². The second kappa shape index (κ2) is 3.58. The van der Waals surface area contributed by atoms with Crippen LogP contribution in [0.1, 0.15) is 5.69 Å². The van der Waals surface area contributed by atoms with Gasteiger partial charge in [-0.3, -0.25) is 0 Å². The van der Waals surface area contributed by atoms with Gasteiger partial charge in [0, 0.05) is 16.4 Å². The Kier molecular flexibility index (Phi) is 2.42. The highest BCUT2D eigenvalue weighted by Gasteiger charge is 2.05. The van der Waals surface area contributed by atoms with Gasteiger partial charge in [-0.2, -0.15) is 0 Å². The second-order valence-electron chi connectivity index (χ2n) is 3.12. The Morgan fingerprint density at radius 3 is 2.64 bits per heavy atom. The normalized spacial score (nSPS) is 10.5. The van der Waals surface area contributed by atoms with Gasteiger partial charge in [0.05, 0.1) is 5.69 Å². The summed E-state index contributed by atoms with van der Waals surface area (Å²) in [6.45, 7) is 1.95. The summed E-state index contributed by atoms with van der Waals surface area (Å²) >= 11 is 3.23. The maximum absolute atomic E-state index is 13.5. The van der Waals surface area contributed by atoms with Crippen LogP contribution < -0.4 is 0 Å². The van der Waals surface area contributed by atoms with Crippen LogP contribution in [0, 0.1) is 12.7 Å². The molecule has 0 radical (unpaired) electrons. The molecule has 0 saturated heterocycles. The first-order valence-electron chi connectivity index (χ1n) is 4.28. The van der Waals surface area contributed by atoms with E-state index < -0.39 is 0 Å². The SMILES string of the molecule is Cc1cccn1-c1ccc(Br)cc1F. The van der Waals surface area contributed by atoms with Gasteiger partial charge in [-0.1, -0.05) is 15.9 Å². The molecule has 0 unspecified atom stereocenters. The molecule has 1 aromatic carbocycles. The van der Waals surface area contributed by atoms with Crippen molar-refractivity contribution in [2.45, 2.75) is 6.92 Å². The minimum Gasteiger partial charge on any atom is -0.319 e. The van der Waals surface area contributed by atoms with Gasteiger partial charge < -0.3 is 4.57 Å². The van der Waals surface area contributed by atoms with Gasteiger partial charge in [-0.25, -0.2) is 4.39 Å². The molecule has 14 heavy (non-hydrogen) atoms. The lowest BCUT2D eigenvalue weighted by Gasteiger charge is -2.07. The van der Waals surface area contributed by atoms with E-state index in [9.17, 15) is 4.39 Å². The third-order valence-corrected chi connectivity index (χ3v) is 2.62. The predicted molar refractivity (Wildman–Crippen MR) is 58.2 cm³/mol. The van der Waals surface area contributed by atoms with Gasteiger partial charge >= 0.3 is 0 Å². The van der Waals surface area contributed by atoms with Crippen LogP contribution in [0.15, 0.2) is 41.0 Å². The molecule has 2 aromatic rings. The van der Waals surface area contributed by atoms with E-state index >= 15 is 0 Å². The summed E-state index contributed by atoms with van der Waals surface area (Å²) in [4.78, 5) is 0. The number of benzene rings is 1. The van der Waals surface area contributed by atoms with Crippen LogP contribution in [-0.2, 0) is 0 Å². The largest absolute Gasteiger partial charge is 0.319 e. The number of aromatic nitrogens is 1. The molecule has 0 atom stereocenters. The van der Waals surface area contributed by atoms with Crippen LogP contribution in [0.3, 0.4) is 0 Å². The number of hydrogen-bond acceptors (Lipinski definition) is 0. The standard InChI is InChI=1S/C11H9BrFN/c1-8-3-2-6-14(8)11-5-4-9(12)7-10(11)13/h2-7H,1H3. The maximum Gasteiger partial charge on any atom is 0.148 e. The highest BCUT2D eigenvalue weighted by molar-refractivity contribution is 9.10. The molecule has 0 amide bonds. The Bertz CT molecular complexity index is 462. The van der Waals surface area contributed by atoms with Crippen LogP contribution in [0.25, 0.3) is 5.69 Å². The first-order chi connectivity index (χ1) is 6.68. The van der Waals surface area contributed by atoms with Crippen molar-refractivity contribution in [2.24, 2.45) is 0 Å². The number of rotatable bonds is 1. The van der Waals surface area contributed by atoms with Crippen molar-refractivity contribution in [3.63, 3.8) is 0 Å². The first kappa shape index (κ1) is 9.46. The molecule has 0 aliphatic rings. The molecule has 2 rings (SSSR count). The third kappa shape index (κ3) is 1.60. The summed E-state index contributed by atoms with van der Waals surface area (Å²) < 4.78 is 16.1. The van der Waals surface area contributed by atoms with Crippen molar-refractivity contribution in [1.82, 2.24) is 4.57 Å². The zero-order valence-electron chi connectivity index (χ0n) is 7.67. The molecule has 0 saturated carbocycles. The van der Waals surface area contributed by atoms with E-state index in [0.717, 1.165) is 10.2 Å². The van der Waals surface area contributed by atoms with Gasteiger partial charge in [0.1, 0.15) is 5.82 Å². The van der Waals surface area contributed by atoms with E-state index in [4.69, 9.17) is 0 Å². The van der Waals surface area contributed by atoms with Crippen molar-refractivity contribution in [3.8, 4) is 5.69 Å². The average molecular weight is 254 g/mol. The fourth-order valence-electron chi connectivity index (χ4n) is 1.41. The summed E-state index contributed by atoms with van der Waals surface area (Å²) in [5.41, 5.74) is 1.60. The second-order valence-corrected chi connectivity index (χ2v) is 4.03. The summed E-state index contributed by atoms with van der Waals surface area (Å²) in [6, 6.07) is 8.90. The van der Waals surface area contributed by atoms with Crippen molar-refractivity contribution in [2.75, 3.05) is 0 Å². The molecule has 1 nitrogen and oxygen atoms in total. The first-order valence-corrected chi connectivity index (χ1v) is 5.07. The molecule has 1 aromatic heterocycles. The van der Waals surface area contributed by atoms with Crippen LogP contribution in [0.5, 0.6) is 0 Å². The Labute approximate surface area is 90.3 Å². The smallest absolute Gasteiger partial charge is 0.148 e. The molecule has 3 heteroatoms. The lowest BCUT2D eigenvalue weighted by atomic mass is 10.3. The van der Waals surface area contributed by atoms with E-state index in [1.54, 1.807) is 6.07 Å². The Hall–Kier alpha value is -1.09. The summed E-state index contributed by atoms with van der Waals surface area (Å²) in [5.74, 6) is -0.223. The average Bonchev–Trinajstić information content (AvgIpc) is 2.52. The van der Waals surface area contributed by atoms with E-state index in [-0.39, 0.29) is 5.82 Å². The van der Waals surface area contributed by atoms with Gasteiger partial charge in [-0.05, 0) is 37.3 Å². The van der Waals surface area contributed by atoms with Crippen LogP contribution >= 0.6 is 15.9 Å². The topological polar surface area (TPSA) is 4.93 Å². The Balaban J connectivity index is 2.58. The minimum absolute atomic E-state index is 0.223. The fourth-order valence-corrected chi connectivity index (χ4v) is 1.75. The third-order valence-electron chi connectivity index (χ3n) is 2.12. The Morgan fingerprint density at radius 2 is 2.07 bits per heavy atom. The monoisotopic (exact) mass is 253 g/mol. The fraction of sp³-hybridized carbons (Fsp3) is 0.0909. The lowest BCUT2D eigenvalue weighted by molar-refractivity contribution is 0.616. The van der Waals surface area contributed by atoms with Crippen molar-refractivity contribution < 1.29 is 4.39 Å². The van der Waals surface area contributed by atoms with Crippen molar-refractivity contribution >= 4 is 15.9 Å². The van der Waals surface area contributed by atoms with E-state index in [0.29, 0.717) is 5.69 Å². The molecule has 0 fully saturated rings. The van der Waals surface area contributed by atoms with Gasteiger partial charge in [0.15, 0.2) is 0 Å². The number of hydrogen-bond donors (Lipinski definition) is 0. The van der Waals surface area contributed by atoms with E-state index in [2.05, 4.69) is 15.9 Å². The zero-order chi connectivity index (χ0) is 10.1. The summed E-state index contributed by atoms with van der Waals surface area (Å²) in [5, 5.41) is 0. The zero-order valence-corrected chi connectivity index (χ0v) is 9.25. The molecule has 0 bridgehead atoms. The molecular weight excluding hydrogens is 245 g/mol. The van der Waals surface area contributed by atoms with E-state index in [1.165, 1.54) is 6.07 Å². The number of halogens is 2. The highest BCUT2D eigenvalue weighted by atomic mass is 79.9. The van der Waals surface area contributed by atoms with Crippen molar-refractivity contribution in [3.05, 3.63) is 52.5 Å². The van der Waals surface area contributed by atoms with Crippen LogP contribution in [0.4, 0.5) is 4.39 Å². The van der Waals surface area contributed by atoms with Crippen LogP contribution in [-0.4, -0.2) is 4.57 Å². The molecule has 1 heterocycles. The van der Waals surface area contributed by atoms with Gasteiger partial charge in [0.25, 0.3) is 0 Å². The predicted octanol–water partition coefficient (Wildman–Crippen LogP) is 3.69. The summed E-state index contributed by atoms with van der Waals surface area (Å²) in [7, 11) is 0. The highest BCUT2D eigenvalue weighted by Crippen LogP contribution is 2.20. The van der Waals surface area contributed by atoms with Gasteiger partial charge in [0.2, 0.25) is 0 Å². The molecule has 0 aliphatic carbocycles. The summed E-state index contributed by atoms with van der Waals surface area (Å²) in [6.07, 6.45) is 1.85. The quantitative estimate of drug-likeness (QED) is 0.731.